The smallest absolute Gasteiger partial charge is 0.307 e. The van der Waals surface area contributed by atoms with Crippen LogP contribution in [0.4, 0.5) is 0 Å². The lowest BCUT2D eigenvalue weighted by Gasteiger charge is -2.19. The van der Waals surface area contributed by atoms with Crippen LogP contribution in [0, 0.1) is 6.92 Å². The quantitative estimate of drug-likeness (QED) is 0.787. The van der Waals surface area contributed by atoms with Crippen molar-refractivity contribution in [3.8, 4) is 5.75 Å². The number of benzene rings is 2. The molecule has 1 atom stereocenters. The van der Waals surface area contributed by atoms with Crippen LogP contribution in [-0.4, -0.2) is 26.1 Å². The predicted molar refractivity (Wildman–Crippen MR) is 95.4 cm³/mol. The highest BCUT2D eigenvalue weighted by Crippen LogP contribution is 2.22. The summed E-state index contributed by atoms with van der Waals surface area (Å²) in [5, 5.41) is 2.92. The molecule has 1 N–H and O–H groups in total. The first-order valence-electron chi connectivity index (χ1n) is 8.08. The van der Waals surface area contributed by atoms with Gasteiger partial charge < -0.3 is 14.8 Å². The van der Waals surface area contributed by atoms with Crippen molar-refractivity contribution in [3.05, 3.63) is 65.2 Å². The van der Waals surface area contributed by atoms with E-state index in [1.807, 2.05) is 55.5 Å². The molecule has 5 heteroatoms. The molecule has 0 aliphatic carbocycles. The molecule has 0 aliphatic heterocycles. The summed E-state index contributed by atoms with van der Waals surface area (Å²) in [7, 11) is 2.92. The standard InChI is InChI=1S/C20H23NO4/c1-14-9-10-18(24-2)16(11-14)12-19(22)21-17(13-20(23)25-3)15-7-5-4-6-8-15/h4-11,17H,12-13H2,1-3H3,(H,21,22). The summed E-state index contributed by atoms with van der Waals surface area (Å²) in [5.74, 6) is 0.119. The Balaban J connectivity index is 2.14. The van der Waals surface area contributed by atoms with Gasteiger partial charge in [-0.1, -0.05) is 48.0 Å². The molecule has 25 heavy (non-hydrogen) atoms. The van der Waals surface area contributed by atoms with Crippen LogP contribution in [0.3, 0.4) is 0 Å². The lowest BCUT2D eigenvalue weighted by atomic mass is 10.0. The van der Waals surface area contributed by atoms with Gasteiger partial charge in [-0.05, 0) is 18.6 Å². The van der Waals surface area contributed by atoms with E-state index in [2.05, 4.69) is 5.32 Å². The Hall–Kier alpha value is -2.82. The minimum atomic E-state index is -0.433. The molecule has 0 saturated carbocycles. The third-order valence-corrected chi connectivity index (χ3v) is 3.92. The molecule has 132 valence electrons. The van der Waals surface area contributed by atoms with Gasteiger partial charge in [0.1, 0.15) is 5.75 Å². The van der Waals surface area contributed by atoms with Gasteiger partial charge in [0.25, 0.3) is 0 Å². The van der Waals surface area contributed by atoms with Crippen LogP contribution in [0.1, 0.15) is 29.2 Å². The van der Waals surface area contributed by atoms with Crippen molar-refractivity contribution in [2.24, 2.45) is 0 Å². The maximum Gasteiger partial charge on any atom is 0.307 e. The van der Waals surface area contributed by atoms with E-state index in [-0.39, 0.29) is 24.7 Å². The highest BCUT2D eigenvalue weighted by molar-refractivity contribution is 5.81. The van der Waals surface area contributed by atoms with Crippen LogP contribution in [0.5, 0.6) is 5.75 Å². The van der Waals surface area contributed by atoms with Crippen LogP contribution in [0.15, 0.2) is 48.5 Å². The molecule has 0 bridgehead atoms. The van der Waals surface area contributed by atoms with E-state index in [0.29, 0.717) is 5.75 Å². The van der Waals surface area contributed by atoms with Crippen LogP contribution >= 0.6 is 0 Å². The van der Waals surface area contributed by atoms with E-state index in [1.165, 1.54) is 7.11 Å². The molecule has 1 unspecified atom stereocenters. The van der Waals surface area contributed by atoms with Crippen molar-refractivity contribution in [3.63, 3.8) is 0 Å². The molecule has 0 fully saturated rings. The Morgan fingerprint density at radius 2 is 1.80 bits per heavy atom. The van der Waals surface area contributed by atoms with Gasteiger partial charge in [0.15, 0.2) is 0 Å². The molecule has 2 aromatic carbocycles. The van der Waals surface area contributed by atoms with E-state index in [1.54, 1.807) is 7.11 Å². The molecule has 0 saturated heterocycles. The van der Waals surface area contributed by atoms with Gasteiger partial charge in [-0.15, -0.1) is 0 Å². The largest absolute Gasteiger partial charge is 0.496 e. The fraction of sp³-hybridized carbons (Fsp3) is 0.300. The molecule has 2 aromatic rings. The summed E-state index contributed by atoms with van der Waals surface area (Å²) in [6.07, 6.45) is 0.257. The Bertz CT molecular complexity index is 728. The summed E-state index contributed by atoms with van der Waals surface area (Å²) >= 11 is 0. The van der Waals surface area contributed by atoms with E-state index in [0.717, 1.165) is 16.7 Å². The summed E-state index contributed by atoms with van der Waals surface area (Å²) in [5.41, 5.74) is 2.72. The monoisotopic (exact) mass is 341 g/mol. The Morgan fingerprint density at radius 3 is 2.44 bits per heavy atom. The highest BCUT2D eigenvalue weighted by atomic mass is 16.5. The Labute approximate surface area is 148 Å². The number of hydrogen-bond acceptors (Lipinski definition) is 4. The van der Waals surface area contributed by atoms with Crippen molar-refractivity contribution < 1.29 is 19.1 Å². The number of rotatable bonds is 7. The van der Waals surface area contributed by atoms with E-state index in [9.17, 15) is 9.59 Å². The number of ether oxygens (including phenoxy) is 2. The third kappa shape index (κ3) is 5.35. The van der Waals surface area contributed by atoms with Gasteiger partial charge in [-0.2, -0.15) is 0 Å². The molecule has 2 rings (SSSR count). The number of methoxy groups -OCH3 is 2. The first-order chi connectivity index (χ1) is 12.0. The van der Waals surface area contributed by atoms with E-state index < -0.39 is 6.04 Å². The molecule has 0 spiro atoms. The molecule has 0 radical (unpaired) electrons. The maximum atomic E-state index is 12.5. The van der Waals surface area contributed by atoms with Crippen molar-refractivity contribution in [2.45, 2.75) is 25.8 Å². The summed E-state index contributed by atoms with van der Waals surface area (Å²) in [6.45, 7) is 1.96. The average Bonchev–Trinajstić information content (AvgIpc) is 2.62. The lowest BCUT2D eigenvalue weighted by molar-refractivity contribution is -0.141. The molecule has 0 aromatic heterocycles. The zero-order valence-electron chi connectivity index (χ0n) is 14.7. The number of aryl methyl sites for hydroxylation is 1. The first kappa shape index (κ1) is 18.5. The van der Waals surface area contributed by atoms with Crippen molar-refractivity contribution in [1.82, 2.24) is 5.32 Å². The minimum absolute atomic E-state index is 0.0806. The van der Waals surface area contributed by atoms with E-state index in [4.69, 9.17) is 9.47 Å². The van der Waals surface area contributed by atoms with Gasteiger partial charge in [0, 0.05) is 5.56 Å². The topological polar surface area (TPSA) is 64.6 Å². The summed E-state index contributed by atoms with van der Waals surface area (Å²) in [4.78, 5) is 24.2. The van der Waals surface area contributed by atoms with Crippen LogP contribution in [0.2, 0.25) is 0 Å². The Kier molecular flexibility index (Phi) is 6.57. The SMILES string of the molecule is COC(=O)CC(NC(=O)Cc1cc(C)ccc1OC)c1ccccc1. The van der Waals surface area contributed by atoms with Crippen LogP contribution < -0.4 is 10.1 Å². The lowest BCUT2D eigenvalue weighted by Crippen LogP contribution is -2.31. The second-order valence-electron chi connectivity index (χ2n) is 5.80. The zero-order chi connectivity index (χ0) is 18.2. The van der Waals surface area contributed by atoms with Crippen molar-refractivity contribution in [2.75, 3.05) is 14.2 Å². The van der Waals surface area contributed by atoms with Crippen LogP contribution in [0.25, 0.3) is 0 Å². The summed E-state index contributed by atoms with van der Waals surface area (Å²) in [6, 6.07) is 14.7. The predicted octanol–water partition coefficient (Wildman–Crippen LogP) is 2.97. The highest BCUT2D eigenvalue weighted by Gasteiger charge is 2.19. The molecule has 0 aliphatic rings. The van der Waals surface area contributed by atoms with Crippen LogP contribution in [-0.2, 0) is 20.7 Å². The summed E-state index contributed by atoms with van der Waals surface area (Å²) < 4.78 is 10.1. The number of nitrogens with one attached hydrogen (secondary N) is 1. The molecule has 0 heterocycles. The second kappa shape index (κ2) is 8.87. The molecular weight excluding hydrogens is 318 g/mol. The van der Waals surface area contributed by atoms with Gasteiger partial charge in [0.05, 0.1) is 33.1 Å². The zero-order valence-corrected chi connectivity index (χ0v) is 14.7. The number of carbonyl (C=O) groups excluding carboxylic acids is 2. The number of hydrogen-bond donors (Lipinski definition) is 1. The van der Waals surface area contributed by atoms with Crippen molar-refractivity contribution in [1.29, 1.82) is 0 Å². The fourth-order valence-electron chi connectivity index (χ4n) is 2.65. The average molecular weight is 341 g/mol. The third-order valence-electron chi connectivity index (χ3n) is 3.92. The Morgan fingerprint density at radius 1 is 1.08 bits per heavy atom. The minimum Gasteiger partial charge on any atom is -0.496 e. The number of carbonyl (C=O) groups is 2. The molecular formula is C20H23NO4. The normalized spacial score (nSPS) is 11.5. The first-order valence-corrected chi connectivity index (χ1v) is 8.08. The number of esters is 1. The van der Waals surface area contributed by atoms with E-state index >= 15 is 0 Å². The van der Waals surface area contributed by atoms with Gasteiger partial charge in [-0.25, -0.2) is 0 Å². The maximum absolute atomic E-state index is 12.5. The number of amides is 1. The van der Waals surface area contributed by atoms with Crippen molar-refractivity contribution >= 4 is 11.9 Å². The molecule has 5 nitrogen and oxygen atoms in total. The second-order valence-corrected chi connectivity index (χ2v) is 5.80. The van der Waals surface area contributed by atoms with Gasteiger partial charge in [0.2, 0.25) is 5.91 Å². The van der Waals surface area contributed by atoms with Gasteiger partial charge >= 0.3 is 5.97 Å². The van der Waals surface area contributed by atoms with Gasteiger partial charge in [-0.3, -0.25) is 9.59 Å². The molecule has 1 amide bonds. The fourth-order valence-corrected chi connectivity index (χ4v) is 2.65.